The summed E-state index contributed by atoms with van der Waals surface area (Å²) >= 11 is 0. The second kappa shape index (κ2) is 7.21. The lowest BCUT2D eigenvalue weighted by molar-refractivity contribution is -0.141. The molecule has 1 saturated heterocycles. The third kappa shape index (κ3) is 3.18. The molecule has 4 rings (SSSR count). The van der Waals surface area contributed by atoms with Gasteiger partial charge < -0.3 is 14.6 Å². The quantitative estimate of drug-likeness (QED) is 0.801. The molecule has 1 saturated carbocycles. The van der Waals surface area contributed by atoms with Crippen molar-refractivity contribution in [2.24, 2.45) is 5.92 Å². The maximum Gasteiger partial charge on any atom is 0.325 e. The summed E-state index contributed by atoms with van der Waals surface area (Å²) in [6, 6.07) is 8.78. The lowest BCUT2D eigenvalue weighted by Gasteiger charge is -2.36. The van der Waals surface area contributed by atoms with Gasteiger partial charge in [0.05, 0.1) is 6.04 Å². The van der Waals surface area contributed by atoms with Gasteiger partial charge in [-0.05, 0) is 37.8 Å². The van der Waals surface area contributed by atoms with Gasteiger partial charge in [-0.3, -0.25) is 14.5 Å². The molecule has 1 spiro atoms. The summed E-state index contributed by atoms with van der Waals surface area (Å²) in [4.78, 5) is 41.1. The summed E-state index contributed by atoms with van der Waals surface area (Å²) in [5.74, 6) is 0.159. The van der Waals surface area contributed by atoms with Gasteiger partial charge in [-0.25, -0.2) is 4.79 Å². The van der Waals surface area contributed by atoms with E-state index in [-0.39, 0.29) is 30.3 Å². The average Bonchev–Trinajstić information content (AvgIpc) is 3.24. The van der Waals surface area contributed by atoms with Gasteiger partial charge in [0.1, 0.15) is 23.4 Å². The first kappa shape index (κ1) is 19.5. The standard InChI is InChI=1S/C22H27N3O4/c1-14-8-6-7-11-22(14)20(27)25(21(28)23-22)13-19(26)24(3)15(2)18-12-16-9-4-5-10-17(16)29-18/h4-5,9-10,12,14-15H,6-8,11,13H2,1-3H3,(H,23,28). The number of carbonyl (C=O) groups is 3. The summed E-state index contributed by atoms with van der Waals surface area (Å²) in [6.45, 7) is 3.60. The van der Waals surface area contributed by atoms with Crippen molar-refractivity contribution in [1.29, 1.82) is 0 Å². The predicted octanol–water partition coefficient (Wildman–Crippen LogP) is 3.45. The van der Waals surface area contributed by atoms with Gasteiger partial charge in [0.25, 0.3) is 5.91 Å². The zero-order valence-corrected chi connectivity index (χ0v) is 17.1. The van der Waals surface area contributed by atoms with E-state index in [1.165, 1.54) is 4.90 Å². The highest BCUT2D eigenvalue weighted by Gasteiger charge is 2.55. The molecule has 0 bridgehead atoms. The van der Waals surface area contributed by atoms with E-state index in [1.54, 1.807) is 7.05 Å². The van der Waals surface area contributed by atoms with E-state index in [0.717, 1.165) is 35.1 Å². The Labute approximate surface area is 170 Å². The van der Waals surface area contributed by atoms with Crippen LogP contribution in [0, 0.1) is 5.92 Å². The molecule has 2 aliphatic rings. The van der Waals surface area contributed by atoms with E-state index >= 15 is 0 Å². The number of hydrogen-bond donors (Lipinski definition) is 1. The van der Waals surface area contributed by atoms with Crippen LogP contribution < -0.4 is 5.32 Å². The minimum atomic E-state index is -0.849. The normalized spacial score (nSPS) is 25.5. The lowest BCUT2D eigenvalue weighted by atomic mass is 9.73. The highest BCUT2D eigenvalue weighted by Crippen LogP contribution is 2.38. The molecule has 154 valence electrons. The minimum Gasteiger partial charge on any atom is -0.459 e. The Balaban J connectivity index is 1.48. The van der Waals surface area contributed by atoms with Crippen LogP contribution in [0.1, 0.15) is 51.3 Å². The molecule has 1 aliphatic carbocycles. The van der Waals surface area contributed by atoms with Crippen LogP contribution in [-0.2, 0) is 9.59 Å². The van der Waals surface area contributed by atoms with Crippen LogP contribution in [-0.4, -0.2) is 46.8 Å². The highest BCUT2D eigenvalue weighted by molar-refractivity contribution is 6.09. The maximum atomic E-state index is 13.1. The van der Waals surface area contributed by atoms with Crippen molar-refractivity contribution in [3.8, 4) is 0 Å². The largest absolute Gasteiger partial charge is 0.459 e. The Morgan fingerprint density at radius 1 is 1.34 bits per heavy atom. The molecule has 3 atom stereocenters. The summed E-state index contributed by atoms with van der Waals surface area (Å²) in [5, 5.41) is 3.86. The number of nitrogens with one attached hydrogen (secondary N) is 1. The SMILES string of the molecule is CC(c1cc2ccccc2o1)N(C)C(=O)CN1C(=O)NC2(CCCCC2C)C1=O. The second-order valence-corrected chi connectivity index (χ2v) is 8.31. The topological polar surface area (TPSA) is 82.9 Å². The van der Waals surface area contributed by atoms with Crippen molar-refractivity contribution >= 4 is 28.8 Å². The monoisotopic (exact) mass is 397 g/mol. The number of amides is 4. The molecule has 0 radical (unpaired) electrons. The Hall–Kier alpha value is -2.83. The van der Waals surface area contributed by atoms with Crippen molar-refractivity contribution in [1.82, 2.24) is 15.1 Å². The zero-order chi connectivity index (χ0) is 20.8. The van der Waals surface area contributed by atoms with E-state index in [0.29, 0.717) is 12.2 Å². The Bertz CT molecular complexity index is 935. The van der Waals surface area contributed by atoms with E-state index in [2.05, 4.69) is 5.32 Å². The molecule has 2 fully saturated rings. The van der Waals surface area contributed by atoms with Gasteiger partial charge in [0.15, 0.2) is 0 Å². The van der Waals surface area contributed by atoms with Crippen molar-refractivity contribution in [2.45, 2.75) is 51.1 Å². The number of urea groups is 1. The number of likely N-dealkylation sites (N-methyl/N-ethyl adjacent to an activating group) is 1. The van der Waals surface area contributed by atoms with Gasteiger partial charge in [0, 0.05) is 12.4 Å². The lowest BCUT2D eigenvalue weighted by Crippen LogP contribution is -2.54. The number of hydrogen-bond acceptors (Lipinski definition) is 4. The van der Waals surface area contributed by atoms with Gasteiger partial charge in [-0.2, -0.15) is 0 Å². The molecule has 4 amide bonds. The molecule has 2 heterocycles. The summed E-state index contributed by atoms with van der Waals surface area (Å²) in [7, 11) is 1.66. The van der Waals surface area contributed by atoms with Crippen LogP contribution in [0.15, 0.2) is 34.7 Å². The summed E-state index contributed by atoms with van der Waals surface area (Å²) < 4.78 is 5.86. The second-order valence-electron chi connectivity index (χ2n) is 8.31. The first-order chi connectivity index (χ1) is 13.8. The Morgan fingerprint density at radius 3 is 2.83 bits per heavy atom. The van der Waals surface area contributed by atoms with Crippen molar-refractivity contribution in [3.05, 3.63) is 36.1 Å². The smallest absolute Gasteiger partial charge is 0.325 e. The Morgan fingerprint density at radius 2 is 2.10 bits per heavy atom. The summed E-state index contributed by atoms with van der Waals surface area (Å²) in [6.07, 6.45) is 3.50. The molecule has 1 aromatic carbocycles. The fraction of sp³-hybridized carbons (Fsp3) is 0.500. The van der Waals surface area contributed by atoms with Crippen LogP contribution in [0.5, 0.6) is 0 Å². The van der Waals surface area contributed by atoms with Crippen molar-refractivity contribution in [3.63, 3.8) is 0 Å². The Kier molecular flexibility index (Phi) is 4.84. The van der Waals surface area contributed by atoms with Crippen molar-refractivity contribution < 1.29 is 18.8 Å². The molecule has 3 unspecified atom stereocenters. The van der Waals surface area contributed by atoms with Crippen molar-refractivity contribution in [2.75, 3.05) is 13.6 Å². The highest BCUT2D eigenvalue weighted by atomic mass is 16.3. The van der Waals surface area contributed by atoms with Crippen LogP contribution in [0.3, 0.4) is 0 Å². The molecule has 7 nitrogen and oxygen atoms in total. The number of imide groups is 1. The van der Waals surface area contributed by atoms with Gasteiger partial charge in [-0.1, -0.05) is 38.0 Å². The predicted molar refractivity (Wildman–Crippen MR) is 108 cm³/mol. The van der Waals surface area contributed by atoms with Crippen LogP contribution in [0.25, 0.3) is 11.0 Å². The third-order valence-electron chi connectivity index (χ3n) is 6.63. The molecule has 2 aromatic rings. The first-order valence-corrected chi connectivity index (χ1v) is 10.2. The molecular formula is C22H27N3O4. The minimum absolute atomic E-state index is 0.0694. The van der Waals surface area contributed by atoms with E-state index < -0.39 is 11.6 Å². The number of fused-ring (bicyclic) bond motifs is 1. The average molecular weight is 397 g/mol. The number of nitrogens with zero attached hydrogens (tertiary/aromatic N) is 2. The molecule has 7 heteroatoms. The van der Waals surface area contributed by atoms with Gasteiger partial charge >= 0.3 is 6.03 Å². The fourth-order valence-electron chi connectivity index (χ4n) is 4.50. The molecule has 29 heavy (non-hydrogen) atoms. The van der Waals surface area contributed by atoms with E-state index in [9.17, 15) is 14.4 Å². The summed E-state index contributed by atoms with van der Waals surface area (Å²) in [5.41, 5.74) is -0.0871. The number of carbonyl (C=O) groups excluding carboxylic acids is 3. The zero-order valence-electron chi connectivity index (χ0n) is 17.1. The van der Waals surface area contributed by atoms with Crippen LogP contribution >= 0.6 is 0 Å². The molecule has 1 aliphatic heterocycles. The van der Waals surface area contributed by atoms with Gasteiger partial charge in [-0.15, -0.1) is 0 Å². The van der Waals surface area contributed by atoms with Crippen LogP contribution in [0.2, 0.25) is 0 Å². The number of benzene rings is 1. The number of rotatable bonds is 4. The van der Waals surface area contributed by atoms with E-state index in [1.807, 2.05) is 44.2 Å². The number of furan rings is 1. The molecule has 1 N–H and O–H groups in total. The third-order valence-corrected chi connectivity index (χ3v) is 6.63. The fourth-order valence-corrected chi connectivity index (χ4v) is 4.50. The molecular weight excluding hydrogens is 370 g/mol. The van der Waals surface area contributed by atoms with Gasteiger partial charge in [0.2, 0.25) is 5.91 Å². The number of para-hydroxylation sites is 1. The molecule has 1 aromatic heterocycles. The first-order valence-electron chi connectivity index (χ1n) is 10.2. The van der Waals surface area contributed by atoms with E-state index in [4.69, 9.17) is 4.42 Å². The maximum absolute atomic E-state index is 13.1. The van der Waals surface area contributed by atoms with Crippen LogP contribution in [0.4, 0.5) is 4.79 Å².